The van der Waals surface area contributed by atoms with Gasteiger partial charge in [-0.25, -0.2) is 0 Å². The fourth-order valence-electron chi connectivity index (χ4n) is 3.40. The summed E-state index contributed by atoms with van der Waals surface area (Å²) in [7, 11) is 4.65. The fourth-order valence-corrected chi connectivity index (χ4v) is 3.40. The third-order valence-corrected chi connectivity index (χ3v) is 5.07. The summed E-state index contributed by atoms with van der Waals surface area (Å²) in [6.07, 6.45) is 1.63. The average molecular weight is 461 g/mol. The Kier molecular flexibility index (Phi) is 6.68. The molecule has 1 aliphatic heterocycles. The summed E-state index contributed by atoms with van der Waals surface area (Å²) in [5.74, 6) is 2.13. The number of methoxy groups -OCH3 is 3. The summed E-state index contributed by atoms with van der Waals surface area (Å²) < 4.78 is 27.0. The first-order valence-electron chi connectivity index (χ1n) is 10.4. The summed E-state index contributed by atoms with van der Waals surface area (Å²) in [6.45, 7) is -0.210. The van der Waals surface area contributed by atoms with Crippen molar-refractivity contribution in [2.24, 2.45) is 0 Å². The number of nitrogens with one attached hydrogen (secondary N) is 1. The number of anilines is 1. The Labute approximate surface area is 196 Å². The molecule has 8 heteroatoms. The molecule has 1 amide bonds. The third-order valence-electron chi connectivity index (χ3n) is 5.07. The van der Waals surface area contributed by atoms with Crippen molar-refractivity contribution in [1.82, 2.24) is 0 Å². The van der Waals surface area contributed by atoms with Crippen molar-refractivity contribution in [3.63, 3.8) is 0 Å². The lowest BCUT2D eigenvalue weighted by molar-refractivity contribution is -0.118. The van der Waals surface area contributed by atoms with Crippen molar-refractivity contribution < 1.29 is 33.3 Å². The SMILES string of the molecule is COc1cccc(NC(=O)COc2ccc3c(c2)OC(=Cc2ccc(OC)c(OC)c2)C3=O)c1. The van der Waals surface area contributed by atoms with Crippen LogP contribution >= 0.6 is 0 Å². The van der Waals surface area contributed by atoms with Crippen LogP contribution in [0.4, 0.5) is 5.69 Å². The molecule has 4 rings (SSSR count). The molecule has 8 nitrogen and oxygen atoms in total. The van der Waals surface area contributed by atoms with E-state index in [4.69, 9.17) is 23.7 Å². The maximum Gasteiger partial charge on any atom is 0.262 e. The highest BCUT2D eigenvalue weighted by molar-refractivity contribution is 6.14. The molecule has 34 heavy (non-hydrogen) atoms. The molecule has 0 spiro atoms. The lowest BCUT2D eigenvalue weighted by Crippen LogP contribution is -2.20. The number of amides is 1. The van der Waals surface area contributed by atoms with Crippen LogP contribution in [0.25, 0.3) is 6.08 Å². The summed E-state index contributed by atoms with van der Waals surface area (Å²) in [4.78, 5) is 25.0. The van der Waals surface area contributed by atoms with Crippen LogP contribution in [0.1, 0.15) is 15.9 Å². The van der Waals surface area contributed by atoms with Crippen LogP contribution in [0.15, 0.2) is 66.4 Å². The molecule has 0 aliphatic carbocycles. The van der Waals surface area contributed by atoms with Crippen LogP contribution in [-0.4, -0.2) is 39.6 Å². The molecule has 1 heterocycles. The lowest BCUT2D eigenvalue weighted by Gasteiger charge is -2.09. The smallest absolute Gasteiger partial charge is 0.262 e. The first-order valence-corrected chi connectivity index (χ1v) is 10.4. The molecular weight excluding hydrogens is 438 g/mol. The zero-order chi connectivity index (χ0) is 24.1. The van der Waals surface area contributed by atoms with E-state index in [1.165, 1.54) is 0 Å². The van der Waals surface area contributed by atoms with Gasteiger partial charge in [0.2, 0.25) is 5.78 Å². The van der Waals surface area contributed by atoms with E-state index in [0.29, 0.717) is 40.0 Å². The second-order valence-electron chi connectivity index (χ2n) is 7.28. The molecule has 0 unspecified atom stereocenters. The van der Waals surface area contributed by atoms with Gasteiger partial charge in [-0.05, 0) is 48.0 Å². The van der Waals surface area contributed by atoms with Crippen LogP contribution in [0.3, 0.4) is 0 Å². The molecule has 0 saturated heterocycles. The normalized spacial score (nSPS) is 13.1. The van der Waals surface area contributed by atoms with Gasteiger partial charge in [0.05, 0.1) is 26.9 Å². The number of rotatable bonds is 8. The molecule has 174 valence electrons. The molecule has 3 aromatic carbocycles. The zero-order valence-electron chi connectivity index (χ0n) is 18.9. The first kappa shape index (κ1) is 22.7. The molecule has 0 saturated carbocycles. The quantitative estimate of drug-likeness (QED) is 0.499. The van der Waals surface area contributed by atoms with Crippen LogP contribution in [-0.2, 0) is 4.79 Å². The Hall–Kier alpha value is -4.46. The monoisotopic (exact) mass is 461 g/mol. The van der Waals surface area contributed by atoms with Crippen molar-refractivity contribution in [1.29, 1.82) is 0 Å². The van der Waals surface area contributed by atoms with Gasteiger partial charge < -0.3 is 29.0 Å². The van der Waals surface area contributed by atoms with Gasteiger partial charge in [0.1, 0.15) is 17.2 Å². The maximum atomic E-state index is 12.7. The second kappa shape index (κ2) is 9.99. The van der Waals surface area contributed by atoms with Crippen molar-refractivity contribution >= 4 is 23.5 Å². The molecule has 0 aromatic heterocycles. The van der Waals surface area contributed by atoms with Gasteiger partial charge >= 0.3 is 0 Å². The summed E-state index contributed by atoms with van der Waals surface area (Å²) in [6, 6.07) is 17.1. The largest absolute Gasteiger partial charge is 0.497 e. The number of carbonyl (C=O) groups excluding carboxylic acids is 2. The second-order valence-corrected chi connectivity index (χ2v) is 7.28. The van der Waals surface area contributed by atoms with Crippen molar-refractivity contribution in [3.8, 4) is 28.7 Å². The third kappa shape index (κ3) is 4.96. The van der Waals surface area contributed by atoms with E-state index in [-0.39, 0.29) is 24.1 Å². The minimum atomic E-state index is -0.334. The van der Waals surface area contributed by atoms with Gasteiger partial charge in [-0.1, -0.05) is 12.1 Å². The molecule has 3 aromatic rings. The Morgan fingerprint density at radius 1 is 0.912 bits per heavy atom. The highest BCUT2D eigenvalue weighted by atomic mass is 16.5. The van der Waals surface area contributed by atoms with Crippen molar-refractivity contribution in [2.45, 2.75) is 0 Å². The number of ketones is 1. The number of fused-ring (bicyclic) bond motifs is 1. The van der Waals surface area contributed by atoms with E-state index in [1.807, 2.05) is 0 Å². The molecule has 0 atom stereocenters. The lowest BCUT2D eigenvalue weighted by atomic mass is 10.1. The van der Waals surface area contributed by atoms with Gasteiger partial charge in [0.15, 0.2) is 23.9 Å². The molecule has 0 fully saturated rings. The van der Waals surface area contributed by atoms with Crippen molar-refractivity contribution in [3.05, 3.63) is 77.5 Å². The topological polar surface area (TPSA) is 92.3 Å². The van der Waals surface area contributed by atoms with Gasteiger partial charge in [-0.2, -0.15) is 0 Å². The van der Waals surface area contributed by atoms with Gasteiger partial charge in [-0.15, -0.1) is 0 Å². The number of hydrogen-bond acceptors (Lipinski definition) is 7. The number of Topliss-reactive ketones (excluding diaryl/α,β-unsaturated/α-hetero) is 1. The fraction of sp³-hybridized carbons (Fsp3) is 0.154. The van der Waals surface area contributed by atoms with E-state index >= 15 is 0 Å². The Balaban J connectivity index is 1.42. The Morgan fingerprint density at radius 2 is 1.74 bits per heavy atom. The van der Waals surface area contributed by atoms with E-state index < -0.39 is 0 Å². The minimum absolute atomic E-state index is 0.176. The molecule has 1 aliphatic rings. The predicted octanol–water partition coefficient (Wildman–Crippen LogP) is 4.35. The molecule has 1 N–H and O–H groups in total. The van der Waals surface area contributed by atoms with Crippen LogP contribution in [0, 0.1) is 0 Å². The number of allylic oxidation sites excluding steroid dienone is 1. The van der Waals surface area contributed by atoms with Gasteiger partial charge in [-0.3, -0.25) is 9.59 Å². The van der Waals surface area contributed by atoms with E-state index in [2.05, 4.69) is 5.32 Å². The zero-order valence-corrected chi connectivity index (χ0v) is 18.9. The van der Waals surface area contributed by atoms with Gasteiger partial charge in [0.25, 0.3) is 5.91 Å². The highest BCUT2D eigenvalue weighted by Crippen LogP contribution is 2.36. The van der Waals surface area contributed by atoms with Crippen LogP contribution < -0.4 is 29.0 Å². The summed E-state index contributed by atoms with van der Waals surface area (Å²) >= 11 is 0. The molecule has 0 radical (unpaired) electrons. The molecular formula is C26H23NO7. The van der Waals surface area contributed by atoms with Crippen LogP contribution in [0.5, 0.6) is 28.7 Å². The minimum Gasteiger partial charge on any atom is -0.497 e. The predicted molar refractivity (Wildman–Crippen MR) is 126 cm³/mol. The molecule has 0 bridgehead atoms. The number of benzene rings is 3. The van der Waals surface area contributed by atoms with E-state index in [0.717, 1.165) is 5.56 Å². The first-order chi connectivity index (χ1) is 16.5. The highest BCUT2D eigenvalue weighted by Gasteiger charge is 2.28. The van der Waals surface area contributed by atoms with E-state index in [1.54, 1.807) is 88.1 Å². The van der Waals surface area contributed by atoms with Crippen LogP contribution in [0.2, 0.25) is 0 Å². The summed E-state index contributed by atoms with van der Waals surface area (Å²) in [5, 5.41) is 2.74. The number of hydrogen-bond donors (Lipinski definition) is 1. The van der Waals surface area contributed by atoms with Crippen molar-refractivity contribution in [2.75, 3.05) is 33.3 Å². The number of carbonyl (C=O) groups is 2. The Bertz CT molecular complexity index is 1270. The average Bonchev–Trinajstić information content (AvgIpc) is 3.17. The summed E-state index contributed by atoms with van der Waals surface area (Å²) in [5.41, 5.74) is 1.74. The number of ether oxygens (including phenoxy) is 5. The Morgan fingerprint density at radius 3 is 2.50 bits per heavy atom. The van der Waals surface area contributed by atoms with E-state index in [9.17, 15) is 9.59 Å². The maximum absolute atomic E-state index is 12.7. The standard InChI is InChI=1S/C26H23NO7/c1-30-18-6-4-5-17(13-18)27-25(28)15-33-19-8-9-20-22(14-19)34-24(26(20)29)12-16-7-10-21(31-2)23(11-16)32-3/h4-14H,15H2,1-3H3,(H,27,28). The van der Waals surface area contributed by atoms with Gasteiger partial charge in [0, 0.05) is 17.8 Å².